The first-order chi connectivity index (χ1) is 12.0. The van der Waals surface area contributed by atoms with Gasteiger partial charge in [-0.15, -0.1) is 0 Å². The monoisotopic (exact) mass is 353 g/mol. The van der Waals surface area contributed by atoms with Crippen LogP contribution in [0.25, 0.3) is 11.4 Å². The van der Waals surface area contributed by atoms with E-state index in [4.69, 9.17) is 11.6 Å². The number of nitrogens with zero attached hydrogens (tertiary/aromatic N) is 3. The molecule has 6 nitrogen and oxygen atoms in total. The molecule has 0 aliphatic carbocycles. The molecule has 0 spiro atoms. The van der Waals surface area contributed by atoms with Gasteiger partial charge in [0.25, 0.3) is 10.9 Å². The van der Waals surface area contributed by atoms with E-state index < -0.39 is 10.2 Å². The predicted molar refractivity (Wildman–Crippen MR) is 93.6 cm³/mol. The van der Waals surface area contributed by atoms with E-state index in [1.807, 2.05) is 30.3 Å². The molecule has 0 aliphatic rings. The Morgan fingerprint density at radius 2 is 1.76 bits per heavy atom. The number of aromatic nitrogens is 2. The normalized spacial score (nSPS) is 10.4. The summed E-state index contributed by atoms with van der Waals surface area (Å²) in [5, 5.41) is 10.1. The van der Waals surface area contributed by atoms with Gasteiger partial charge < -0.3 is 0 Å². The first-order valence-electron chi connectivity index (χ1n) is 7.39. The number of carbonyl (C=O) groups excluding carboxylic acids is 1. The van der Waals surface area contributed by atoms with Crippen molar-refractivity contribution in [1.29, 1.82) is 0 Å². The summed E-state index contributed by atoms with van der Waals surface area (Å²) in [5.74, 6) is 0.485. The number of nitro benzene ring substituents is 1. The van der Waals surface area contributed by atoms with Crippen LogP contribution in [0.1, 0.15) is 21.6 Å². The SMILES string of the molecule is O=C(Cl)c1cnc(-c2ccccc2)nc1Cc1ccc([N+](=O)[O-])cc1. The number of non-ortho nitro benzene ring substituents is 1. The van der Waals surface area contributed by atoms with Crippen molar-refractivity contribution in [2.24, 2.45) is 0 Å². The highest BCUT2D eigenvalue weighted by atomic mass is 35.5. The number of hydrogen-bond donors (Lipinski definition) is 0. The van der Waals surface area contributed by atoms with Crippen LogP contribution >= 0.6 is 11.6 Å². The van der Waals surface area contributed by atoms with Gasteiger partial charge in [0.2, 0.25) is 0 Å². The first-order valence-corrected chi connectivity index (χ1v) is 7.77. The minimum atomic E-state index is -0.642. The maximum Gasteiger partial charge on any atom is 0.269 e. The molecule has 25 heavy (non-hydrogen) atoms. The van der Waals surface area contributed by atoms with Crippen LogP contribution in [0.5, 0.6) is 0 Å². The highest BCUT2D eigenvalue weighted by molar-refractivity contribution is 6.67. The van der Waals surface area contributed by atoms with Crippen LogP contribution in [0.15, 0.2) is 60.8 Å². The van der Waals surface area contributed by atoms with Gasteiger partial charge >= 0.3 is 0 Å². The zero-order valence-corrected chi connectivity index (χ0v) is 13.7. The summed E-state index contributed by atoms with van der Waals surface area (Å²) >= 11 is 5.63. The molecule has 0 saturated heterocycles. The highest BCUT2D eigenvalue weighted by Crippen LogP contribution is 2.21. The van der Waals surface area contributed by atoms with Crippen LogP contribution in [0.3, 0.4) is 0 Å². The van der Waals surface area contributed by atoms with Gasteiger partial charge in [0.15, 0.2) is 5.82 Å². The zero-order valence-electron chi connectivity index (χ0n) is 12.9. The van der Waals surface area contributed by atoms with Crippen molar-refractivity contribution in [1.82, 2.24) is 9.97 Å². The molecule has 124 valence electrons. The zero-order chi connectivity index (χ0) is 17.8. The summed E-state index contributed by atoms with van der Waals surface area (Å²) in [4.78, 5) is 30.6. The molecule has 0 N–H and O–H groups in total. The molecule has 0 radical (unpaired) electrons. The quantitative estimate of drug-likeness (QED) is 0.393. The molecule has 0 fully saturated rings. The molecule has 0 amide bonds. The molecule has 0 atom stereocenters. The van der Waals surface area contributed by atoms with Crippen molar-refractivity contribution in [2.45, 2.75) is 6.42 Å². The van der Waals surface area contributed by atoms with E-state index >= 15 is 0 Å². The second-order valence-electron chi connectivity index (χ2n) is 5.29. The molecular weight excluding hydrogens is 342 g/mol. The van der Waals surface area contributed by atoms with Crippen LogP contribution < -0.4 is 0 Å². The van der Waals surface area contributed by atoms with Gasteiger partial charge in [-0.3, -0.25) is 14.9 Å². The van der Waals surface area contributed by atoms with Crippen LogP contribution in [0, 0.1) is 10.1 Å². The molecule has 0 aliphatic heterocycles. The van der Waals surface area contributed by atoms with Gasteiger partial charge in [-0.2, -0.15) is 0 Å². The van der Waals surface area contributed by atoms with Crippen molar-refractivity contribution in [2.75, 3.05) is 0 Å². The van der Waals surface area contributed by atoms with Crippen LogP contribution in [0.2, 0.25) is 0 Å². The maximum absolute atomic E-state index is 11.6. The van der Waals surface area contributed by atoms with Gasteiger partial charge in [-0.05, 0) is 17.2 Å². The van der Waals surface area contributed by atoms with Gasteiger partial charge in [0.05, 0.1) is 16.2 Å². The molecule has 1 aromatic heterocycles. The van der Waals surface area contributed by atoms with E-state index in [-0.39, 0.29) is 11.3 Å². The summed E-state index contributed by atoms with van der Waals surface area (Å²) in [7, 11) is 0. The molecule has 1 heterocycles. The third-order valence-electron chi connectivity index (χ3n) is 3.63. The molecule has 0 saturated carbocycles. The Balaban J connectivity index is 1.98. The van der Waals surface area contributed by atoms with Gasteiger partial charge in [0, 0.05) is 30.3 Å². The Hall–Kier alpha value is -3.12. The molecule has 0 unspecified atom stereocenters. The molecule has 3 rings (SSSR count). The average Bonchev–Trinajstić information content (AvgIpc) is 2.62. The molecule has 0 bridgehead atoms. The number of halogens is 1. The third kappa shape index (κ3) is 3.87. The minimum Gasteiger partial charge on any atom is -0.275 e. The Labute approximate surface area is 148 Å². The van der Waals surface area contributed by atoms with Gasteiger partial charge in [-0.1, -0.05) is 42.5 Å². The third-order valence-corrected chi connectivity index (χ3v) is 3.83. The standard InChI is InChI=1S/C18H12ClN3O3/c19-17(23)15-11-20-18(13-4-2-1-3-5-13)21-16(15)10-12-6-8-14(9-7-12)22(24)25/h1-9,11H,10H2. The van der Waals surface area contributed by atoms with Crippen LogP contribution in [0.4, 0.5) is 5.69 Å². The van der Waals surface area contributed by atoms with Crippen molar-refractivity contribution < 1.29 is 9.72 Å². The molecular formula is C18H12ClN3O3. The largest absolute Gasteiger partial charge is 0.275 e. The lowest BCUT2D eigenvalue weighted by Gasteiger charge is -2.08. The minimum absolute atomic E-state index is 0.00468. The second kappa shape index (κ2) is 7.19. The highest BCUT2D eigenvalue weighted by Gasteiger charge is 2.15. The number of carbonyl (C=O) groups is 1. The fourth-order valence-corrected chi connectivity index (χ4v) is 2.53. The Morgan fingerprint density at radius 3 is 2.36 bits per heavy atom. The lowest BCUT2D eigenvalue weighted by Crippen LogP contribution is -2.05. The smallest absolute Gasteiger partial charge is 0.269 e. The Kier molecular flexibility index (Phi) is 4.81. The lowest BCUT2D eigenvalue weighted by atomic mass is 10.1. The summed E-state index contributed by atoms with van der Waals surface area (Å²) in [6.45, 7) is 0. The van der Waals surface area contributed by atoms with Crippen molar-refractivity contribution in [3.8, 4) is 11.4 Å². The fraction of sp³-hybridized carbons (Fsp3) is 0.0556. The van der Waals surface area contributed by atoms with Crippen molar-refractivity contribution in [3.63, 3.8) is 0 Å². The number of nitro groups is 1. The number of hydrogen-bond acceptors (Lipinski definition) is 5. The lowest BCUT2D eigenvalue weighted by molar-refractivity contribution is -0.384. The molecule has 3 aromatic rings. The van der Waals surface area contributed by atoms with E-state index in [1.54, 1.807) is 12.1 Å². The fourth-order valence-electron chi connectivity index (χ4n) is 2.37. The van der Waals surface area contributed by atoms with Crippen molar-refractivity contribution in [3.05, 3.63) is 87.7 Å². The van der Waals surface area contributed by atoms with Crippen LogP contribution in [-0.2, 0) is 6.42 Å². The van der Waals surface area contributed by atoms with E-state index in [1.165, 1.54) is 18.3 Å². The summed E-state index contributed by atoms with van der Waals surface area (Å²) in [5.41, 5.74) is 2.30. The maximum atomic E-state index is 11.6. The topological polar surface area (TPSA) is 86.0 Å². The van der Waals surface area contributed by atoms with Gasteiger partial charge in [0.1, 0.15) is 0 Å². The summed E-state index contributed by atoms with van der Waals surface area (Å²) in [6, 6.07) is 15.5. The van der Waals surface area contributed by atoms with E-state index in [0.717, 1.165) is 11.1 Å². The molecule has 7 heteroatoms. The number of benzene rings is 2. The van der Waals surface area contributed by atoms with Crippen molar-refractivity contribution >= 4 is 22.5 Å². The van der Waals surface area contributed by atoms with E-state index in [0.29, 0.717) is 17.9 Å². The first kappa shape index (κ1) is 16.7. The van der Waals surface area contributed by atoms with E-state index in [9.17, 15) is 14.9 Å². The summed E-state index contributed by atoms with van der Waals surface area (Å²) in [6.07, 6.45) is 1.72. The predicted octanol–water partition coefficient (Wildman–Crippen LogP) is 4.02. The molecule has 2 aromatic carbocycles. The second-order valence-corrected chi connectivity index (χ2v) is 5.64. The van der Waals surface area contributed by atoms with E-state index in [2.05, 4.69) is 9.97 Å². The van der Waals surface area contributed by atoms with Crippen LogP contribution in [-0.4, -0.2) is 20.1 Å². The Bertz CT molecular complexity index is 928. The Morgan fingerprint density at radius 1 is 1.08 bits per heavy atom. The average molecular weight is 354 g/mol. The summed E-state index contributed by atoms with van der Waals surface area (Å²) < 4.78 is 0. The van der Waals surface area contributed by atoms with Gasteiger partial charge in [-0.25, -0.2) is 9.97 Å². The number of rotatable bonds is 5.